The topological polar surface area (TPSA) is 121 Å². The molecule has 4 aromatic rings. The summed E-state index contributed by atoms with van der Waals surface area (Å²) < 4.78 is 3.28. The molecular formula is C34H41N7O3. The molecule has 0 saturated heterocycles. The largest absolute Gasteiger partial charge is 0.396 e. The second-order valence-corrected chi connectivity index (χ2v) is 12.7. The molecular weight excluding hydrogens is 554 g/mol. The zero-order valence-electron chi connectivity index (χ0n) is 25.4. The van der Waals surface area contributed by atoms with E-state index in [1.165, 1.54) is 24.0 Å². The van der Waals surface area contributed by atoms with E-state index in [0.717, 1.165) is 50.0 Å². The van der Waals surface area contributed by atoms with Crippen LogP contribution in [0.25, 0.3) is 16.9 Å². The summed E-state index contributed by atoms with van der Waals surface area (Å²) >= 11 is 0. The fraction of sp³-hybridized carbons (Fsp3) is 0.471. The Kier molecular flexibility index (Phi) is 7.60. The van der Waals surface area contributed by atoms with Crippen LogP contribution in [0.15, 0.2) is 54.0 Å². The molecule has 44 heavy (non-hydrogen) atoms. The van der Waals surface area contributed by atoms with E-state index < -0.39 is 5.60 Å². The molecule has 3 aromatic heterocycles. The van der Waals surface area contributed by atoms with Gasteiger partial charge in [-0.05, 0) is 92.2 Å². The number of benzene rings is 1. The molecule has 0 amide bonds. The van der Waals surface area contributed by atoms with Crippen LogP contribution in [0.2, 0.25) is 0 Å². The first-order valence-electron chi connectivity index (χ1n) is 16.0. The molecule has 10 heteroatoms. The zero-order valence-corrected chi connectivity index (χ0v) is 25.4. The van der Waals surface area contributed by atoms with Crippen LogP contribution in [0.3, 0.4) is 0 Å². The third kappa shape index (κ3) is 5.04. The van der Waals surface area contributed by atoms with Crippen LogP contribution < -0.4 is 10.9 Å². The third-order valence-corrected chi connectivity index (χ3v) is 10.1. The maximum atomic E-state index is 13.4. The normalized spacial score (nSPS) is 23.4. The van der Waals surface area contributed by atoms with E-state index in [4.69, 9.17) is 9.97 Å². The first kappa shape index (κ1) is 28.9. The lowest BCUT2D eigenvalue weighted by Crippen LogP contribution is -2.41. The van der Waals surface area contributed by atoms with E-state index >= 15 is 0 Å². The quantitative estimate of drug-likeness (QED) is 0.257. The van der Waals surface area contributed by atoms with Crippen molar-refractivity contribution in [2.24, 2.45) is 5.92 Å². The molecule has 0 bridgehead atoms. The average Bonchev–Trinajstić information content (AvgIpc) is 3.54. The smallest absolute Gasteiger partial charge is 0.278 e. The van der Waals surface area contributed by atoms with Gasteiger partial charge in [-0.3, -0.25) is 9.69 Å². The number of pyridine rings is 1. The highest BCUT2D eigenvalue weighted by Gasteiger charge is 2.37. The molecule has 2 aliphatic carbocycles. The molecule has 1 saturated carbocycles. The highest BCUT2D eigenvalue weighted by atomic mass is 16.3. The molecule has 1 aliphatic heterocycles. The minimum absolute atomic E-state index is 0.220. The van der Waals surface area contributed by atoms with Gasteiger partial charge in [-0.25, -0.2) is 19.3 Å². The van der Waals surface area contributed by atoms with Crippen LogP contribution in [0.4, 0.5) is 11.6 Å². The molecule has 7 rings (SSSR count). The molecule has 3 N–H and O–H groups in total. The number of aryl methyl sites for hydroxylation is 1. The van der Waals surface area contributed by atoms with Gasteiger partial charge in [-0.1, -0.05) is 25.1 Å². The summed E-state index contributed by atoms with van der Waals surface area (Å²) in [5, 5.41) is 24.5. The van der Waals surface area contributed by atoms with Gasteiger partial charge in [0.1, 0.15) is 11.0 Å². The van der Waals surface area contributed by atoms with E-state index in [2.05, 4.69) is 40.0 Å². The summed E-state index contributed by atoms with van der Waals surface area (Å²) in [6.45, 7) is 8.40. The van der Waals surface area contributed by atoms with Crippen molar-refractivity contribution >= 4 is 22.7 Å². The van der Waals surface area contributed by atoms with E-state index in [1.54, 1.807) is 21.6 Å². The van der Waals surface area contributed by atoms with E-state index in [1.807, 2.05) is 19.1 Å². The minimum Gasteiger partial charge on any atom is -0.396 e. The Balaban J connectivity index is 1.17. The molecule has 0 spiro atoms. The van der Waals surface area contributed by atoms with Gasteiger partial charge in [0.2, 0.25) is 5.95 Å². The average molecular weight is 596 g/mol. The van der Waals surface area contributed by atoms with Gasteiger partial charge < -0.3 is 15.5 Å². The summed E-state index contributed by atoms with van der Waals surface area (Å²) in [6, 6.07) is 10.9. The molecule has 0 radical (unpaired) electrons. The number of anilines is 2. The Bertz CT molecular complexity index is 1770. The maximum Gasteiger partial charge on any atom is 0.278 e. The van der Waals surface area contributed by atoms with Crippen molar-refractivity contribution in [3.63, 3.8) is 0 Å². The van der Waals surface area contributed by atoms with Crippen molar-refractivity contribution in [2.45, 2.75) is 83.0 Å². The number of allylic oxidation sites excluding steroid dienone is 1. The van der Waals surface area contributed by atoms with Crippen LogP contribution in [-0.2, 0) is 31.5 Å². The zero-order chi connectivity index (χ0) is 30.4. The third-order valence-electron chi connectivity index (χ3n) is 10.1. The van der Waals surface area contributed by atoms with Crippen molar-refractivity contribution in [3.05, 3.63) is 81.9 Å². The van der Waals surface area contributed by atoms with Crippen LogP contribution in [0, 0.1) is 5.92 Å². The molecule has 1 fully saturated rings. The summed E-state index contributed by atoms with van der Waals surface area (Å²) in [6.07, 6.45) is 10.8. The Morgan fingerprint density at radius 1 is 1.09 bits per heavy atom. The van der Waals surface area contributed by atoms with Crippen LogP contribution >= 0.6 is 0 Å². The number of hydrogen-bond donors (Lipinski definition) is 3. The molecule has 10 nitrogen and oxygen atoms in total. The molecule has 1 aromatic carbocycles. The molecule has 1 atom stereocenters. The lowest BCUT2D eigenvalue weighted by atomic mass is 9.84. The van der Waals surface area contributed by atoms with Crippen LogP contribution in [-0.4, -0.2) is 58.6 Å². The van der Waals surface area contributed by atoms with Crippen molar-refractivity contribution in [3.8, 4) is 5.82 Å². The standard InChI is InChI=1S/C34H41N7O3/c1-3-16-40-32(43)28-19-35-33(38-31(28)41(40)29-12-8-23-13-15-34(44,4-2)30(23)37-29)36-26-9-7-25-20-39(17-14-24(25)18-26)27-10-5-22(21-42)6-11-27/h3,7-9,12,18-19,22,27,42,44H,1,4-6,10-11,13-17,20-21H2,2H3,(H,35,36,38)/t22-,27+,34-/m1/s1. The summed E-state index contributed by atoms with van der Waals surface area (Å²) in [7, 11) is 0. The monoisotopic (exact) mass is 595 g/mol. The number of fused-ring (bicyclic) bond motifs is 3. The molecule has 3 aliphatic rings. The Hall–Kier alpha value is -3.86. The SMILES string of the molecule is C=CCn1c(=O)c2cnc(Nc3ccc4c(c3)CCN([C@H]3CC[C@@H](CO)CC3)C4)nc2n1-c1ccc2c(n1)[C@@](O)(CC)CC2. The first-order chi connectivity index (χ1) is 21.4. The summed E-state index contributed by atoms with van der Waals surface area (Å²) in [5.41, 5.74) is 4.56. The van der Waals surface area contributed by atoms with E-state index in [0.29, 0.717) is 59.9 Å². The highest BCUT2D eigenvalue weighted by molar-refractivity contribution is 5.77. The van der Waals surface area contributed by atoms with Gasteiger partial charge in [0.25, 0.3) is 5.56 Å². The van der Waals surface area contributed by atoms with Crippen molar-refractivity contribution < 1.29 is 10.2 Å². The summed E-state index contributed by atoms with van der Waals surface area (Å²) in [5.74, 6) is 1.39. The van der Waals surface area contributed by atoms with E-state index in [9.17, 15) is 15.0 Å². The number of aliphatic hydroxyl groups excluding tert-OH is 1. The number of rotatable bonds is 8. The molecule has 4 heterocycles. The lowest BCUT2D eigenvalue weighted by Gasteiger charge is -2.39. The number of hydrogen-bond acceptors (Lipinski definition) is 8. The Labute approximate surface area is 257 Å². The van der Waals surface area contributed by atoms with Crippen molar-refractivity contribution in [1.82, 2.24) is 29.2 Å². The van der Waals surface area contributed by atoms with Crippen molar-refractivity contribution in [2.75, 3.05) is 18.5 Å². The first-order valence-corrected chi connectivity index (χ1v) is 16.0. The molecule has 0 unspecified atom stereocenters. The van der Waals surface area contributed by atoms with Gasteiger partial charge in [0.05, 0.1) is 12.2 Å². The Morgan fingerprint density at radius 3 is 2.68 bits per heavy atom. The second-order valence-electron chi connectivity index (χ2n) is 12.7. The lowest BCUT2D eigenvalue weighted by molar-refractivity contribution is 0.0306. The maximum absolute atomic E-state index is 13.4. The van der Waals surface area contributed by atoms with E-state index in [-0.39, 0.29) is 12.1 Å². The predicted molar refractivity (Wildman–Crippen MR) is 170 cm³/mol. The second kappa shape index (κ2) is 11.6. The number of nitrogens with zero attached hydrogens (tertiary/aromatic N) is 6. The number of aromatic nitrogens is 5. The van der Waals surface area contributed by atoms with Gasteiger partial charge >= 0.3 is 0 Å². The van der Waals surface area contributed by atoms with Gasteiger partial charge in [0, 0.05) is 37.6 Å². The fourth-order valence-electron chi connectivity index (χ4n) is 7.40. The van der Waals surface area contributed by atoms with Gasteiger partial charge in [-0.15, -0.1) is 6.58 Å². The fourth-order valence-corrected chi connectivity index (χ4v) is 7.40. The summed E-state index contributed by atoms with van der Waals surface area (Å²) in [4.78, 5) is 30.3. The predicted octanol–water partition coefficient (Wildman–Crippen LogP) is 4.36. The minimum atomic E-state index is -0.970. The number of aliphatic hydroxyl groups is 2. The van der Waals surface area contributed by atoms with Crippen LogP contribution in [0.1, 0.15) is 67.8 Å². The van der Waals surface area contributed by atoms with Gasteiger partial charge in [0.15, 0.2) is 11.5 Å². The van der Waals surface area contributed by atoms with Crippen LogP contribution in [0.5, 0.6) is 0 Å². The Morgan fingerprint density at radius 2 is 1.91 bits per heavy atom. The molecule has 230 valence electrons. The van der Waals surface area contributed by atoms with Crippen molar-refractivity contribution in [1.29, 1.82) is 0 Å². The highest BCUT2D eigenvalue weighted by Crippen LogP contribution is 2.38. The van der Waals surface area contributed by atoms with Gasteiger partial charge in [-0.2, -0.15) is 4.98 Å². The number of nitrogens with one attached hydrogen (secondary N) is 1.